The number of rotatable bonds is 2. The Balaban J connectivity index is 2.65. The molecular weight excluding hydrogens is 156 g/mol. The summed E-state index contributed by atoms with van der Waals surface area (Å²) in [6, 6.07) is 8.98. The fourth-order valence-corrected chi connectivity index (χ4v) is 0.877. The minimum atomic E-state index is -1.12. The molecule has 0 saturated heterocycles. The highest BCUT2D eigenvalue weighted by Crippen LogP contribution is 2.05. The maximum atomic E-state index is 10.2. The molecule has 4 nitrogen and oxygen atoms in total. The van der Waals surface area contributed by atoms with E-state index in [-0.39, 0.29) is 0 Å². The molecule has 64 valence electrons. The molecule has 0 aliphatic rings. The van der Waals surface area contributed by atoms with E-state index in [4.69, 9.17) is 10.8 Å². The van der Waals surface area contributed by atoms with Crippen molar-refractivity contribution >= 4 is 6.09 Å². The summed E-state index contributed by atoms with van der Waals surface area (Å²) in [5.74, 6) is 0. The summed E-state index contributed by atoms with van der Waals surface area (Å²) in [6.45, 7) is 0. The van der Waals surface area contributed by atoms with Gasteiger partial charge in [0.25, 0.3) is 0 Å². The van der Waals surface area contributed by atoms with E-state index in [9.17, 15) is 4.79 Å². The third kappa shape index (κ3) is 2.25. The Kier molecular flexibility index (Phi) is 2.66. The Morgan fingerprint density at radius 1 is 1.42 bits per heavy atom. The Morgan fingerprint density at radius 2 is 2.00 bits per heavy atom. The third-order valence-corrected chi connectivity index (χ3v) is 1.44. The second-order valence-corrected chi connectivity index (χ2v) is 2.34. The number of benzene rings is 1. The van der Waals surface area contributed by atoms with Gasteiger partial charge in [-0.15, -0.1) is 0 Å². The van der Waals surface area contributed by atoms with Gasteiger partial charge in [0, 0.05) is 0 Å². The van der Waals surface area contributed by atoms with Crippen LogP contribution in [0.4, 0.5) is 4.79 Å². The molecule has 4 N–H and O–H groups in total. The largest absolute Gasteiger partial charge is 0.465 e. The lowest BCUT2D eigenvalue weighted by Crippen LogP contribution is -2.32. The van der Waals surface area contributed by atoms with Crippen molar-refractivity contribution in [2.75, 3.05) is 0 Å². The molecule has 0 aliphatic heterocycles. The molecule has 1 atom stereocenters. The van der Waals surface area contributed by atoms with E-state index in [0.29, 0.717) is 0 Å². The van der Waals surface area contributed by atoms with E-state index in [1.165, 1.54) is 0 Å². The van der Waals surface area contributed by atoms with Crippen molar-refractivity contribution < 1.29 is 9.90 Å². The molecule has 0 saturated carbocycles. The Bertz CT molecular complexity index is 261. The molecule has 0 aromatic heterocycles. The Labute approximate surface area is 70.0 Å². The molecule has 0 spiro atoms. The summed E-state index contributed by atoms with van der Waals surface area (Å²) in [5, 5.41) is 10.5. The topological polar surface area (TPSA) is 75.3 Å². The maximum Gasteiger partial charge on any atom is 0.406 e. The summed E-state index contributed by atoms with van der Waals surface area (Å²) in [7, 11) is 0. The monoisotopic (exact) mass is 166 g/mol. The second-order valence-electron chi connectivity index (χ2n) is 2.34. The van der Waals surface area contributed by atoms with Crippen LogP contribution in [-0.2, 0) is 0 Å². The zero-order chi connectivity index (χ0) is 8.97. The van der Waals surface area contributed by atoms with Gasteiger partial charge in [0.05, 0.1) is 0 Å². The molecule has 1 rings (SSSR count). The van der Waals surface area contributed by atoms with Gasteiger partial charge < -0.3 is 16.2 Å². The van der Waals surface area contributed by atoms with Crippen LogP contribution in [0.2, 0.25) is 0 Å². The molecule has 0 unspecified atom stereocenters. The standard InChI is InChI=1S/C8H10N2O2/c9-7(10-8(11)12)6-4-2-1-3-5-6/h1-5,7,10H,9H2,(H,11,12)/t7-/m0/s1. The Hall–Kier alpha value is -1.55. The summed E-state index contributed by atoms with van der Waals surface area (Å²) in [4.78, 5) is 10.2. The van der Waals surface area contributed by atoms with Crippen LogP contribution in [0.25, 0.3) is 0 Å². The van der Waals surface area contributed by atoms with E-state index in [1.54, 1.807) is 24.3 Å². The van der Waals surface area contributed by atoms with Gasteiger partial charge in [0.2, 0.25) is 0 Å². The molecule has 12 heavy (non-hydrogen) atoms. The normalized spacial score (nSPS) is 12.1. The summed E-state index contributed by atoms with van der Waals surface area (Å²) in [6.07, 6.45) is -1.77. The lowest BCUT2D eigenvalue weighted by atomic mass is 10.2. The van der Waals surface area contributed by atoms with Crippen LogP contribution in [0, 0.1) is 0 Å². The minimum absolute atomic E-state index is 0.649. The molecule has 0 fully saturated rings. The first-order chi connectivity index (χ1) is 5.70. The lowest BCUT2D eigenvalue weighted by Gasteiger charge is -2.10. The quantitative estimate of drug-likeness (QED) is 0.571. The lowest BCUT2D eigenvalue weighted by molar-refractivity contribution is 0.190. The van der Waals surface area contributed by atoms with Crippen molar-refractivity contribution in [2.24, 2.45) is 5.73 Å². The zero-order valence-corrected chi connectivity index (χ0v) is 6.40. The van der Waals surface area contributed by atoms with E-state index in [1.807, 2.05) is 6.07 Å². The second kappa shape index (κ2) is 3.73. The molecule has 0 aliphatic carbocycles. The van der Waals surface area contributed by atoms with Crippen molar-refractivity contribution in [3.05, 3.63) is 35.9 Å². The molecule has 1 aromatic carbocycles. The van der Waals surface area contributed by atoms with Crippen LogP contribution in [0.1, 0.15) is 11.7 Å². The number of carboxylic acid groups (broad SMARTS) is 1. The van der Waals surface area contributed by atoms with Gasteiger partial charge in [-0.3, -0.25) is 0 Å². The van der Waals surface area contributed by atoms with E-state index < -0.39 is 12.3 Å². The first kappa shape index (κ1) is 8.55. The van der Waals surface area contributed by atoms with Crippen molar-refractivity contribution in [1.29, 1.82) is 0 Å². The third-order valence-electron chi connectivity index (χ3n) is 1.44. The van der Waals surface area contributed by atoms with Crippen LogP contribution in [0.15, 0.2) is 30.3 Å². The van der Waals surface area contributed by atoms with Crippen molar-refractivity contribution in [1.82, 2.24) is 5.32 Å². The number of nitrogens with one attached hydrogen (secondary N) is 1. The highest BCUT2D eigenvalue weighted by molar-refractivity contribution is 5.65. The SMILES string of the molecule is N[C@@H](NC(=O)O)c1ccccc1. The van der Waals surface area contributed by atoms with Gasteiger partial charge in [-0.2, -0.15) is 0 Å². The van der Waals surface area contributed by atoms with Crippen LogP contribution in [-0.4, -0.2) is 11.2 Å². The van der Waals surface area contributed by atoms with Crippen LogP contribution < -0.4 is 11.1 Å². The number of amides is 1. The minimum Gasteiger partial charge on any atom is -0.465 e. The predicted octanol–water partition coefficient (Wildman–Crippen LogP) is 0.911. The first-order valence-corrected chi connectivity index (χ1v) is 3.50. The average molecular weight is 166 g/mol. The van der Waals surface area contributed by atoms with Gasteiger partial charge >= 0.3 is 6.09 Å². The van der Waals surface area contributed by atoms with Gasteiger partial charge in [-0.1, -0.05) is 30.3 Å². The van der Waals surface area contributed by atoms with Crippen LogP contribution >= 0.6 is 0 Å². The van der Waals surface area contributed by atoms with Gasteiger partial charge in [0.1, 0.15) is 6.17 Å². The number of carbonyl (C=O) groups is 1. The highest BCUT2D eigenvalue weighted by atomic mass is 16.4. The predicted molar refractivity (Wildman–Crippen MR) is 44.5 cm³/mol. The van der Waals surface area contributed by atoms with Gasteiger partial charge in [-0.05, 0) is 5.56 Å². The molecule has 0 heterocycles. The molecule has 4 heteroatoms. The fourth-order valence-electron chi connectivity index (χ4n) is 0.877. The summed E-state index contributed by atoms with van der Waals surface area (Å²) in [5.41, 5.74) is 6.25. The number of nitrogens with two attached hydrogens (primary N) is 1. The smallest absolute Gasteiger partial charge is 0.406 e. The maximum absolute atomic E-state index is 10.2. The molecule has 1 amide bonds. The summed E-state index contributed by atoms with van der Waals surface area (Å²) < 4.78 is 0. The molecular formula is C8H10N2O2. The van der Waals surface area contributed by atoms with Gasteiger partial charge in [0.15, 0.2) is 0 Å². The number of hydrogen-bond donors (Lipinski definition) is 3. The van der Waals surface area contributed by atoms with Crippen molar-refractivity contribution in [3.63, 3.8) is 0 Å². The number of hydrogen-bond acceptors (Lipinski definition) is 2. The molecule has 0 bridgehead atoms. The van der Waals surface area contributed by atoms with Crippen molar-refractivity contribution in [3.8, 4) is 0 Å². The fraction of sp³-hybridized carbons (Fsp3) is 0.125. The zero-order valence-electron chi connectivity index (χ0n) is 6.40. The van der Waals surface area contributed by atoms with Gasteiger partial charge in [-0.25, -0.2) is 4.79 Å². The average Bonchev–Trinajstić information content (AvgIpc) is 2.05. The van der Waals surface area contributed by atoms with Crippen LogP contribution in [0.5, 0.6) is 0 Å². The van der Waals surface area contributed by atoms with E-state index >= 15 is 0 Å². The highest BCUT2D eigenvalue weighted by Gasteiger charge is 2.06. The van der Waals surface area contributed by atoms with Crippen LogP contribution in [0.3, 0.4) is 0 Å². The Morgan fingerprint density at radius 3 is 2.50 bits per heavy atom. The van der Waals surface area contributed by atoms with Crippen molar-refractivity contribution in [2.45, 2.75) is 6.17 Å². The molecule has 1 aromatic rings. The van der Waals surface area contributed by atoms with E-state index in [2.05, 4.69) is 5.32 Å². The summed E-state index contributed by atoms with van der Waals surface area (Å²) >= 11 is 0. The van der Waals surface area contributed by atoms with E-state index in [0.717, 1.165) is 5.56 Å². The first-order valence-electron chi connectivity index (χ1n) is 3.50. The molecule has 0 radical (unpaired) electrons.